The van der Waals surface area contributed by atoms with Crippen molar-refractivity contribution in [1.82, 2.24) is 10.6 Å². The van der Waals surface area contributed by atoms with Gasteiger partial charge >= 0.3 is 0 Å². The van der Waals surface area contributed by atoms with E-state index in [1.807, 2.05) is 27.0 Å². The predicted molar refractivity (Wildman–Crippen MR) is 79.8 cm³/mol. The molecular formula is C15H23N3O2. The van der Waals surface area contributed by atoms with Gasteiger partial charge in [-0.05, 0) is 27.0 Å². The van der Waals surface area contributed by atoms with Crippen LogP contribution in [-0.4, -0.2) is 32.1 Å². The zero-order valence-electron chi connectivity index (χ0n) is 12.4. The van der Waals surface area contributed by atoms with E-state index in [4.69, 9.17) is 10.00 Å². The predicted octanol–water partition coefficient (Wildman–Crippen LogP) is 1.66. The third-order valence-electron chi connectivity index (χ3n) is 2.21. The number of likely N-dealkylation sites (N-methyl/N-ethyl adjacent to an activating group) is 1. The molecule has 0 aromatic rings. The molecule has 0 radical (unpaired) electrons. The van der Waals surface area contributed by atoms with E-state index in [0.717, 1.165) is 0 Å². The van der Waals surface area contributed by atoms with Crippen molar-refractivity contribution in [2.45, 2.75) is 26.4 Å². The average Bonchev–Trinajstić information content (AvgIpc) is 2.39. The highest BCUT2D eigenvalue weighted by Gasteiger charge is 2.08. The van der Waals surface area contributed by atoms with Crippen molar-refractivity contribution in [2.75, 3.05) is 20.1 Å². The zero-order chi connectivity index (χ0) is 15.4. The lowest BCUT2D eigenvalue weighted by molar-refractivity contribution is -0.120. The molecule has 0 bridgehead atoms. The SMILES string of the molecule is C=C/C=C(OC(C)C)\C(C#N)=C/CC(=O)NCCNC. The van der Waals surface area contributed by atoms with Crippen molar-refractivity contribution in [3.63, 3.8) is 0 Å². The first-order valence-electron chi connectivity index (χ1n) is 6.56. The van der Waals surface area contributed by atoms with Gasteiger partial charge in [0.1, 0.15) is 11.8 Å². The molecule has 0 saturated carbocycles. The Labute approximate surface area is 121 Å². The van der Waals surface area contributed by atoms with Crippen LogP contribution in [0.25, 0.3) is 0 Å². The fourth-order valence-electron chi connectivity index (χ4n) is 1.35. The Kier molecular flexibility index (Phi) is 9.71. The van der Waals surface area contributed by atoms with Crippen molar-refractivity contribution < 1.29 is 9.53 Å². The van der Waals surface area contributed by atoms with Crippen LogP contribution in [0.2, 0.25) is 0 Å². The fourth-order valence-corrected chi connectivity index (χ4v) is 1.35. The number of hydrogen-bond acceptors (Lipinski definition) is 4. The Bertz CT molecular complexity index is 417. The van der Waals surface area contributed by atoms with Crippen LogP contribution < -0.4 is 10.6 Å². The number of carbonyl (C=O) groups excluding carboxylic acids is 1. The number of nitrogens with one attached hydrogen (secondary N) is 2. The van der Waals surface area contributed by atoms with Gasteiger partial charge in [-0.1, -0.05) is 18.7 Å². The van der Waals surface area contributed by atoms with E-state index >= 15 is 0 Å². The summed E-state index contributed by atoms with van der Waals surface area (Å²) in [6.45, 7) is 8.60. The molecule has 0 atom stereocenters. The van der Waals surface area contributed by atoms with Gasteiger partial charge in [0.25, 0.3) is 0 Å². The lowest BCUT2D eigenvalue weighted by Gasteiger charge is -2.12. The monoisotopic (exact) mass is 277 g/mol. The van der Waals surface area contributed by atoms with Crippen molar-refractivity contribution >= 4 is 5.91 Å². The molecule has 0 aromatic heterocycles. The van der Waals surface area contributed by atoms with Gasteiger partial charge in [0.05, 0.1) is 11.7 Å². The molecule has 0 saturated heterocycles. The minimum Gasteiger partial charge on any atom is -0.490 e. The smallest absolute Gasteiger partial charge is 0.223 e. The van der Waals surface area contributed by atoms with E-state index in [1.54, 1.807) is 18.2 Å². The second kappa shape index (κ2) is 10.8. The van der Waals surface area contributed by atoms with E-state index in [1.165, 1.54) is 0 Å². The summed E-state index contributed by atoms with van der Waals surface area (Å²) in [6.07, 6.45) is 4.82. The number of carbonyl (C=O) groups is 1. The Morgan fingerprint density at radius 3 is 2.65 bits per heavy atom. The maximum Gasteiger partial charge on any atom is 0.223 e. The Balaban J connectivity index is 4.67. The Hall–Kier alpha value is -2.06. The van der Waals surface area contributed by atoms with Gasteiger partial charge in [-0.3, -0.25) is 4.79 Å². The summed E-state index contributed by atoms with van der Waals surface area (Å²) in [4.78, 5) is 11.6. The first-order valence-corrected chi connectivity index (χ1v) is 6.56. The molecular weight excluding hydrogens is 254 g/mol. The molecule has 0 heterocycles. The molecule has 0 rings (SSSR count). The van der Waals surface area contributed by atoms with Crippen molar-refractivity contribution in [3.05, 3.63) is 36.1 Å². The van der Waals surface area contributed by atoms with Crippen molar-refractivity contribution in [1.29, 1.82) is 5.26 Å². The number of hydrogen-bond donors (Lipinski definition) is 2. The van der Waals surface area contributed by atoms with Crippen LogP contribution in [0.3, 0.4) is 0 Å². The maximum atomic E-state index is 11.6. The summed E-state index contributed by atoms with van der Waals surface area (Å²) >= 11 is 0. The normalized spacial score (nSPS) is 11.9. The third kappa shape index (κ3) is 8.11. The van der Waals surface area contributed by atoms with Crippen LogP contribution >= 0.6 is 0 Å². The summed E-state index contributed by atoms with van der Waals surface area (Å²) in [6, 6.07) is 2.04. The molecule has 0 spiro atoms. The molecule has 0 aliphatic heterocycles. The van der Waals surface area contributed by atoms with Gasteiger partial charge in [-0.15, -0.1) is 0 Å². The van der Waals surface area contributed by atoms with E-state index in [9.17, 15) is 4.79 Å². The molecule has 0 unspecified atom stereocenters. The Morgan fingerprint density at radius 2 is 2.15 bits per heavy atom. The maximum absolute atomic E-state index is 11.6. The number of ether oxygens (including phenoxy) is 1. The molecule has 2 N–H and O–H groups in total. The van der Waals surface area contributed by atoms with E-state index < -0.39 is 0 Å². The van der Waals surface area contributed by atoms with E-state index in [2.05, 4.69) is 17.2 Å². The molecule has 110 valence electrons. The first-order chi connectivity index (χ1) is 9.54. The van der Waals surface area contributed by atoms with E-state index in [-0.39, 0.29) is 18.4 Å². The highest BCUT2D eigenvalue weighted by molar-refractivity contribution is 5.77. The molecule has 20 heavy (non-hydrogen) atoms. The summed E-state index contributed by atoms with van der Waals surface area (Å²) in [7, 11) is 1.81. The second-order valence-electron chi connectivity index (χ2n) is 4.32. The van der Waals surface area contributed by atoms with Gasteiger partial charge < -0.3 is 15.4 Å². The fraction of sp³-hybridized carbons (Fsp3) is 0.467. The van der Waals surface area contributed by atoms with Gasteiger partial charge in [-0.2, -0.15) is 5.26 Å². The van der Waals surface area contributed by atoms with Crippen LogP contribution in [0, 0.1) is 11.3 Å². The molecule has 5 nitrogen and oxygen atoms in total. The lowest BCUT2D eigenvalue weighted by Crippen LogP contribution is -2.29. The van der Waals surface area contributed by atoms with Crippen LogP contribution in [0.15, 0.2) is 36.1 Å². The molecule has 0 aliphatic rings. The molecule has 0 fully saturated rings. The molecule has 0 aromatic carbocycles. The number of nitrogens with zero attached hydrogens (tertiary/aromatic N) is 1. The van der Waals surface area contributed by atoms with Crippen LogP contribution in [0.1, 0.15) is 20.3 Å². The highest BCUT2D eigenvalue weighted by Crippen LogP contribution is 2.14. The number of nitriles is 1. The largest absolute Gasteiger partial charge is 0.490 e. The van der Waals surface area contributed by atoms with E-state index in [0.29, 0.717) is 24.4 Å². The summed E-state index contributed by atoms with van der Waals surface area (Å²) in [5, 5.41) is 14.8. The van der Waals surface area contributed by atoms with Gasteiger partial charge in [0.2, 0.25) is 5.91 Å². The van der Waals surface area contributed by atoms with Gasteiger partial charge in [-0.25, -0.2) is 0 Å². The standard InChI is InChI=1S/C15H23N3O2/c1-5-6-14(20-12(2)3)13(11-16)7-8-15(19)18-10-9-17-4/h5-7,12,17H,1,8-10H2,2-4H3,(H,18,19)/b13-7-,14-6+. The van der Waals surface area contributed by atoms with Crippen molar-refractivity contribution in [3.8, 4) is 6.07 Å². The highest BCUT2D eigenvalue weighted by atomic mass is 16.5. The zero-order valence-corrected chi connectivity index (χ0v) is 12.4. The quantitative estimate of drug-likeness (QED) is 0.291. The third-order valence-corrected chi connectivity index (χ3v) is 2.21. The van der Waals surface area contributed by atoms with Crippen LogP contribution in [-0.2, 0) is 9.53 Å². The van der Waals surface area contributed by atoms with Crippen molar-refractivity contribution in [2.24, 2.45) is 0 Å². The van der Waals surface area contributed by atoms with Crippen LogP contribution in [0.4, 0.5) is 0 Å². The summed E-state index contributed by atoms with van der Waals surface area (Å²) < 4.78 is 5.53. The number of rotatable bonds is 9. The van der Waals surface area contributed by atoms with Gasteiger partial charge in [0.15, 0.2) is 0 Å². The summed E-state index contributed by atoms with van der Waals surface area (Å²) in [5.41, 5.74) is 0.336. The topological polar surface area (TPSA) is 74.1 Å². The Morgan fingerprint density at radius 1 is 1.45 bits per heavy atom. The second-order valence-corrected chi connectivity index (χ2v) is 4.32. The first kappa shape index (κ1) is 17.9. The van der Waals surface area contributed by atoms with Gasteiger partial charge in [0, 0.05) is 19.5 Å². The molecule has 1 amide bonds. The number of amides is 1. The number of allylic oxidation sites excluding steroid dienone is 3. The minimum absolute atomic E-state index is 0.0533. The lowest BCUT2D eigenvalue weighted by atomic mass is 10.1. The molecule has 0 aliphatic carbocycles. The molecule has 5 heteroatoms. The summed E-state index contributed by atoms with van der Waals surface area (Å²) in [5.74, 6) is 0.302. The average molecular weight is 277 g/mol. The minimum atomic E-state index is -0.129. The van der Waals surface area contributed by atoms with Crippen LogP contribution in [0.5, 0.6) is 0 Å².